The highest BCUT2D eigenvalue weighted by atomic mass is 15.3. The van der Waals surface area contributed by atoms with Crippen LogP contribution >= 0.6 is 0 Å². The summed E-state index contributed by atoms with van der Waals surface area (Å²) in [6, 6.07) is 2.39. The Kier molecular flexibility index (Phi) is 4.14. The molecule has 2 heterocycles. The van der Waals surface area contributed by atoms with E-state index in [-0.39, 0.29) is 0 Å². The summed E-state index contributed by atoms with van der Waals surface area (Å²) in [6.45, 7) is 7.90. The fraction of sp³-hybridized carbons (Fsp3) is 0.692. The fourth-order valence-corrected chi connectivity index (χ4v) is 2.52. The smallest absolute Gasteiger partial charge is 0.226 e. The van der Waals surface area contributed by atoms with Crippen LogP contribution in [0.1, 0.15) is 24.7 Å². The minimum absolute atomic E-state index is 0.435. The molecule has 1 aliphatic heterocycles. The number of anilines is 1. The van der Waals surface area contributed by atoms with Gasteiger partial charge >= 0.3 is 0 Å². The predicted octanol–water partition coefficient (Wildman–Crippen LogP) is 0.774. The molecular weight excluding hydrogens is 226 g/mol. The average Bonchev–Trinajstić information content (AvgIpc) is 2.49. The quantitative estimate of drug-likeness (QED) is 0.839. The lowest BCUT2D eigenvalue weighted by molar-refractivity contribution is 0.337. The summed E-state index contributed by atoms with van der Waals surface area (Å²) in [7, 11) is 2.17. The highest BCUT2D eigenvalue weighted by Gasteiger charge is 2.22. The van der Waals surface area contributed by atoms with Crippen LogP contribution in [0.5, 0.6) is 0 Å². The van der Waals surface area contributed by atoms with E-state index in [0.29, 0.717) is 12.6 Å². The molecule has 0 saturated carbocycles. The second-order valence-corrected chi connectivity index (χ2v) is 5.16. The van der Waals surface area contributed by atoms with Gasteiger partial charge in [0.15, 0.2) is 0 Å². The fourth-order valence-electron chi connectivity index (χ4n) is 2.52. The van der Waals surface area contributed by atoms with Crippen molar-refractivity contribution in [2.24, 2.45) is 5.73 Å². The van der Waals surface area contributed by atoms with E-state index in [4.69, 9.17) is 5.73 Å². The molecule has 0 spiro atoms. The molecule has 2 N–H and O–H groups in total. The minimum Gasteiger partial charge on any atom is -0.337 e. The van der Waals surface area contributed by atoms with Crippen LogP contribution in [-0.2, 0) is 6.54 Å². The third kappa shape index (κ3) is 2.97. The lowest BCUT2D eigenvalue weighted by Gasteiger charge is -2.28. The van der Waals surface area contributed by atoms with Crippen LogP contribution in [0.2, 0.25) is 0 Å². The van der Waals surface area contributed by atoms with Gasteiger partial charge in [-0.3, -0.25) is 0 Å². The lowest BCUT2D eigenvalue weighted by Crippen LogP contribution is -2.39. The first-order valence-electron chi connectivity index (χ1n) is 6.60. The molecule has 1 atom stereocenters. The normalized spacial score (nSPS) is 22.0. The molecule has 1 fully saturated rings. The summed E-state index contributed by atoms with van der Waals surface area (Å²) in [6.07, 6.45) is 1.15. The second kappa shape index (κ2) is 5.63. The molecule has 1 unspecified atom stereocenters. The molecule has 1 aromatic heterocycles. The maximum Gasteiger partial charge on any atom is 0.226 e. The molecule has 0 aromatic carbocycles. The van der Waals surface area contributed by atoms with Crippen molar-refractivity contribution in [1.29, 1.82) is 0 Å². The van der Waals surface area contributed by atoms with E-state index in [9.17, 15) is 0 Å². The van der Waals surface area contributed by atoms with Gasteiger partial charge in [-0.1, -0.05) is 0 Å². The van der Waals surface area contributed by atoms with Gasteiger partial charge in [0.1, 0.15) is 0 Å². The monoisotopic (exact) mass is 249 g/mol. The predicted molar refractivity (Wildman–Crippen MR) is 73.6 cm³/mol. The molecule has 18 heavy (non-hydrogen) atoms. The Hall–Kier alpha value is -1.20. The van der Waals surface area contributed by atoms with E-state index in [0.717, 1.165) is 43.4 Å². The first kappa shape index (κ1) is 13.2. The van der Waals surface area contributed by atoms with E-state index in [1.54, 1.807) is 0 Å². The average molecular weight is 249 g/mol. The highest BCUT2D eigenvalue weighted by molar-refractivity contribution is 5.34. The Balaban J connectivity index is 2.26. The summed E-state index contributed by atoms with van der Waals surface area (Å²) < 4.78 is 0. The van der Waals surface area contributed by atoms with Crippen molar-refractivity contribution in [2.45, 2.75) is 32.9 Å². The minimum atomic E-state index is 0.435. The third-order valence-corrected chi connectivity index (χ3v) is 3.41. The Morgan fingerprint density at radius 1 is 1.39 bits per heavy atom. The molecular formula is C13H23N5. The van der Waals surface area contributed by atoms with Crippen molar-refractivity contribution in [2.75, 3.05) is 31.6 Å². The number of hydrogen-bond acceptors (Lipinski definition) is 5. The van der Waals surface area contributed by atoms with Gasteiger partial charge in [-0.2, -0.15) is 0 Å². The molecule has 0 bridgehead atoms. The van der Waals surface area contributed by atoms with E-state index in [1.165, 1.54) is 0 Å². The van der Waals surface area contributed by atoms with Crippen LogP contribution in [0.4, 0.5) is 5.95 Å². The summed E-state index contributed by atoms with van der Waals surface area (Å²) in [5, 5.41) is 0. The Morgan fingerprint density at radius 2 is 2.17 bits per heavy atom. The molecule has 0 aliphatic carbocycles. The summed E-state index contributed by atoms with van der Waals surface area (Å²) in [4.78, 5) is 13.8. The number of aromatic nitrogens is 2. The van der Waals surface area contributed by atoms with E-state index in [1.807, 2.05) is 13.0 Å². The van der Waals surface area contributed by atoms with Gasteiger partial charge in [0.25, 0.3) is 0 Å². The number of aryl methyl sites for hydroxylation is 1. The topological polar surface area (TPSA) is 58.3 Å². The van der Waals surface area contributed by atoms with Gasteiger partial charge in [0.05, 0.1) is 5.69 Å². The SMILES string of the molecule is Cc1cc(CN)nc(N2CCCN(C)CC2C)n1. The molecule has 2 rings (SSSR count). The number of nitrogens with zero attached hydrogens (tertiary/aromatic N) is 4. The highest BCUT2D eigenvalue weighted by Crippen LogP contribution is 2.17. The van der Waals surface area contributed by atoms with Crippen molar-refractivity contribution < 1.29 is 0 Å². The number of nitrogens with two attached hydrogens (primary N) is 1. The largest absolute Gasteiger partial charge is 0.337 e. The van der Waals surface area contributed by atoms with Crippen LogP contribution < -0.4 is 10.6 Å². The lowest BCUT2D eigenvalue weighted by atomic mass is 10.3. The van der Waals surface area contributed by atoms with Crippen molar-refractivity contribution in [1.82, 2.24) is 14.9 Å². The van der Waals surface area contributed by atoms with Crippen LogP contribution in [0.15, 0.2) is 6.07 Å². The molecule has 1 aliphatic rings. The van der Waals surface area contributed by atoms with Crippen LogP contribution in [-0.4, -0.2) is 47.6 Å². The van der Waals surface area contributed by atoms with Crippen molar-refractivity contribution >= 4 is 5.95 Å². The molecule has 5 nitrogen and oxygen atoms in total. The van der Waals surface area contributed by atoms with Gasteiger partial charge in [-0.15, -0.1) is 0 Å². The summed E-state index contributed by atoms with van der Waals surface area (Å²) in [5.41, 5.74) is 7.60. The van der Waals surface area contributed by atoms with Crippen molar-refractivity contribution in [3.8, 4) is 0 Å². The number of likely N-dealkylation sites (N-methyl/N-ethyl adjacent to an activating group) is 1. The number of hydrogen-bond donors (Lipinski definition) is 1. The summed E-state index contributed by atoms with van der Waals surface area (Å²) in [5.74, 6) is 0.832. The standard InChI is InChI=1S/C13H23N5/c1-10-7-12(8-14)16-13(15-10)18-6-4-5-17(3)9-11(18)2/h7,11H,4-6,8-9,14H2,1-3H3. The van der Waals surface area contributed by atoms with Gasteiger partial charge in [-0.05, 0) is 39.9 Å². The van der Waals surface area contributed by atoms with Crippen LogP contribution in [0.25, 0.3) is 0 Å². The van der Waals surface area contributed by atoms with Gasteiger partial charge in [0, 0.05) is 31.4 Å². The Bertz CT molecular complexity index is 406. The molecule has 5 heteroatoms. The van der Waals surface area contributed by atoms with Gasteiger partial charge in [-0.25, -0.2) is 9.97 Å². The molecule has 1 saturated heterocycles. The zero-order chi connectivity index (χ0) is 13.1. The zero-order valence-corrected chi connectivity index (χ0v) is 11.6. The summed E-state index contributed by atoms with van der Waals surface area (Å²) >= 11 is 0. The van der Waals surface area contributed by atoms with Gasteiger partial charge in [0.2, 0.25) is 5.95 Å². The number of rotatable bonds is 2. The first-order valence-corrected chi connectivity index (χ1v) is 6.60. The van der Waals surface area contributed by atoms with Gasteiger partial charge < -0.3 is 15.5 Å². The van der Waals surface area contributed by atoms with Crippen molar-refractivity contribution in [3.05, 3.63) is 17.5 Å². The third-order valence-electron chi connectivity index (χ3n) is 3.41. The Morgan fingerprint density at radius 3 is 2.89 bits per heavy atom. The molecule has 0 amide bonds. The maximum atomic E-state index is 5.69. The van der Waals surface area contributed by atoms with E-state index >= 15 is 0 Å². The van der Waals surface area contributed by atoms with E-state index < -0.39 is 0 Å². The zero-order valence-electron chi connectivity index (χ0n) is 11.6. The van der Waals surface area contributed by atoms with E-state index in [2.05, 4.69) is 33.7 Å². The molecule has 0 radical (unpaired) electrons. The molecule has 100 valence electrons. The van der Waals surface area contributed by atoms with Crippen LogP contribution in [0.3, 0.4) is 0 Å². The van der Waals surface area contributed by atoms with Crippen molar-refractivity contribution in [3.63, 3.8) is 0 Å². The van der Waals surface area contributed by atoms with Crippen LogP contribution in [0, 0.1) is 6.92 Å². The first-order chi connectivity index (χ1) is 8.60. The Labute approximate surface area is 109 Å². The second-order valence-electron chi connectivity index (χ2n) is 5.16. The maximum absolute atomic E-state index is 5.69. The molecule has 1 aromatic rings.